The Labute approximate surface area is 170 Å². The molecule has 1 aromatic carbocycles. The first-order valence-electron chi connectivity index (χ1n) is 8.67. The van der Waals surface area contributed by atoms with Crippen molar-refractivity contribution in [1.82, 2.24) is 10.9 Å². The highest BCUT2D eigenvalue weighted by molar-refractivity contribution is 9.10. The minimum Gasteiger partial charge on any atom is -0.497 e. The summed E-state index contributed by atoms with van der Waals surface area (Å²) in [6.07, 6.45) is 5.59. The van der Waals surface area contributed by atoms with E-state index in [1.165, 1.54) is 42.4 Å². The summed E-state index contributed by atoms with van der Waals surface area (Å²) < 4.78 is 11.1. The third-order valence-electron chi connectivity index (χ3n) is 4.46. The van der Waals surface area contributed by atoms with Crippen LogP contribution in [0.4, 0.5) is 0 Å². The Morgan fingerprint density at radius 2 is 1.74 bits per heavy atom. The van der Waals surface area contributed by atoms with E-state index in [1.807, 2.05) is 6.07 Å². The minimum absolute atomic E-state index is 0.256. The topological polar surface area (TPSA) is 76.7 Å². The molecular formula is C19H21BrN2O4S. The van der Waals surface area contributed by atoms with Crippen LogP contribution < -0.4 is 20.3 Å². The van der Waals surface area contributed by atoms with Gasteiger partial charge in [-0.3, -0.25) is 20.4 Å². The van der Waals surface area contributed by atoms with E-state index >= 15 is 0 Å². The van der Waals surface area contributed by atoms with Crippen LogP contribution in [0, 0.1) is 0 Å². The molecule has 2 N–H and O–H groups in total. The summed E-state index contributed by atoms with van der Waals surface area (Å²) in [6.45, 7) is 0. The Balaban J connectivity index is 1.70. The number of carbonyl (C=O) groups excluding carboxylic acids is 2. The zero-order valence-corrected chi connectivity index (χ0v) is 17.6. The predicted octanol–water partition coefficient (Wildman–Crippen LogP) is 3.87. The molecule has 0 fully saturated rings. The fraction of sp³-hybridized carbons (Fsp3) is 0.368. The van der Waals surface area contributed by atoms with Crippen LogP contribution in [0.2, 0.25) is 0 Å². The molecule has 0 bridgehead atoms. The highest BCUT2D eigenvalue weighted by atomic mass is 79.9. The molecule has 0 spiro atoms. The summed E-state index contributed by atoms with van der Waals surface area (Å²) in [5.41, 5.74) is 6.46. The van der Waals surface area contributed by atoms with Crippen LogP contribution in [0.1, 0.15) is 49.7 Å². The van der Waals surface area contributed by atoms with Gasteiger partial charge >= 0.3 is 0 Å². The second-order valence-corrected chi connectivity index (χ2v) is 8.21. The zero-order chi connectivity index (χ0) is 19.4. The van der Waals surface area contributed by atoms with E-state index in [0.717, 1.165) is 25.7 Å². The molecule has 2 amide bonds. The largest absolute Gasteiger partial charge is 0.497 e. The molecule has 27 heavy (non-hydrogen) atoms. The van der Waals surface area contributed by atoms with E-state index in [-0.39, 0.29) is 11.5 Å². The molecule has 8 heteroatoms. The Morgan fingerprint density at radius 1 is 1.00 bits per heavy atom. The molecule has 1 heterocycles. The van der Waals surface area contributed by atoms with Gasteiger partial charge in [0.15, 0.2) is 0 Å². The molecule has 0 radical (unpaired) electrons. The van der Waals surface area contributed by atoms with Crippen LogP contribution in [0.5, 0.6) is 11.5 Å². The van der Waals surface area contributed by atoms with Gasteiger partial charge in [0.2, 0.25) is 0 Å². The first-order valence-corrected chi connectivity index (χ1v) is 10.3. The number of halogens is 1. The molecule has 144 valence electrons. The second-order valence-electron chi connectivity index (χ2n) is 6.22. The third-order valence-corrected chi connectivity index (χ3v) is 6.29. The maximum absolute atomic E-state index is 12.5. The second kappa shape index (κ2) is 8.75. The Morgan fingerprint density at radius 3 is 2.48 bits per heavy atom. The monoisotopic (exact) mass is 452 g/mol. The number of nitrogens with one attached hydrogen (secondary N) is 2. The van der Waals surface area contributed by atoms with Crippen molar-refractivity contribution in [2.45, 2.75) is 32.1 Å². The normalized spacial score (nSPS) is 13.3. The molecule has 6 nitrogen and oxygen atoms in total. The highest BCUT2D eigenvalue weighted by Gasteiger charge is 2.20. The van der Waals surface area contributed by atoms with Crippen LogP contribution >= 0.6 is 27.3 Å². The van der Waals surface area contributed by atoms with Crippen molar-refractivity contribution in [2.24, 2.45) is 0 Å². The number of ether oxygens (including phenoxy) is 2. The van der Waals surface area contributed by atoms with E-state index in [9.17, 15) is 9.59 Å². The molecule has 0 aliphatic heterocycles. The highest BCUT2D eigenvalue weighted by Crippen LogP contribution is 2.33. The zero-order valence-electron chi connectivity index (χ0n) is 15.2. The predicted molar refractivity (Wildman–Crippen MR) is 108 cm³/mol. The van der Waals surface area contributed by atoms with Gasteiger partial charge in [0, 0.05) is 4.88 Å². The number of fused-ring (bicyclic) bond motifs is 1. The van der Waals surface area contributed by atoms with Gasteiger partial charge in [-0.15, -0.1) is 11.3 Å². The standard InChI is InChI=1S/C19H21BrN2O4S/c1-25-12-9-13(17(26-2)14(20)10-12)18(23)21-22-19(24)16-8-11-6-4-3-5-7-15(11)27-16/h8-10H,3-7H2,1-2H3,(H,21,23)(H,22,24). The Bertz CT molecular complexity index is 842. The third kappa shape index (κ3) is 4.44. The van der Waals surface area contributed by atoms with Gasteiger partial charge in [0.05, 0.1) is 29.1 Å². The smallest absolute Gasteiger partial charge is 0.279 e. The van der Waals surface area contributed by atoms with Gasteiger partial charge in [0.1, 0.15) is 11.5 Å². The summed E-state index contributed by atoms with van der Waals surface area (Å²) in [5, 5.41) is 0. The van der Waals surface area contributed by atoms with Crippen LogP contribution in [0.3, 0.4) is 0 Å². The molecule has 3 rings (SSSR count). The number of amides is 2. The minimum atomic E-state index is -0.488. The van der Waals surface area contributed by atoms with Crippen molar-refractivity contribution < 1.29 is 19.1 Å². The lowest BCUT2D eigenvalue weighted by Gasteiger charge is -2.13. The van der Waals surface area contributed by atoms with Crippen LogP contribution in [0.15, 0.2) is 22.7 Å². The van der Waals surface area contributed by atoms with Crippen molar-refractivity contribution in [1.29, 1.82) is 0 Å². The number of methoxy groups -OCH3 is 2. The van der Waals surface area contributed by atoms with E-state index in [2.05, 4.69) is 26.8 Å². The van der Waals surface area contributed by atoms with Crippen molar-refractivity contribution >= 4 is 39.1 Å². The number of carbonyl (C=O) groups is 2. The van der Waals surface area contributed by atoms with E-state index in [0.29, 0.717) is 20.8 Å². The first kappa shape index (κ1) is 19.7. The lowest BCUT2D eigenvalue weighted by Crippen LogP contribution is -2.41. The maximum atomic E-state index is 12.5. The first-order chi connectivity index (χ1) is 13.0. The number of thiophene rings is 1. The van der Waals surface area contributed by atoms with Crippen molar-refractivity contribution in [3.63, 3.8) is 0 Å². The summed E-state index contributed by atoms with van der Waals surface area (Å²) in [4.78, 5) is 26.9. The van der Waals surface area contributed by atoms with Gasteiger partial charge in [-0.1, -0.05) is 6.42 Å². The van der Waals surface area contributed by atoms with Crippen molar-refractivity contribution in [3.8, 4) is 11.5 Å². The van der Waals surface area contributed by atoms with Gasteiger partial charge < -0.3 is 9.47 Å². The van der Waals surface area contributed by atoms with E-state index < -0.39 is 5.91 Å². The number of hydrogen-bond acceptors (Lipinski definition) is 5. The fourth-order valence-electron chi connectivity index (χ4n) is 3.08. The number of aryl methyl sites for hydroxylation is 2. The van der Waals surface area contributed by atoms with E-state index in [4.69, 9.17) is 9.47 Å². The molecule has 0 saturated heterocycles. The molecule has 0 saturated carbocycles. The Hall–Kier alpha value is -2.06. The van der Waals surface area contributed by atoms with Gasteiger partial charge in [-0.25, -0.2) is 0 Å². The summed E-state index contributed by atoms with van der Waals surface area (Å²) >= 11 is 4.86. The number of hydrogen-bond donors (Lipinski definition) is 2. The summed E-state index contributed by atoms with van der Waals surface area (Å²) in [7, 11) is 2.99. The molecule has 1 aromatic heterocycles. The maximum Gasteiger partial charge on any atom is 0.279 e. The number of rotatable bonds is 4. The average Bonchev–Trinajstić information content (AvgIpc) is 2.95. The average molecular weight is 453 g/mol. The summed E-state index contributed by atoms with van der Waals surface area (Å²) in [5.74, 6) is 0.0619. The molecule has 0 atom stereocenters. The Kier molecular flexibility index (Phi) is 6.38. The number of benzene rings is 1. The SMILES string of the molecule is COc1cc(Br)c(OC)c(C(=O)NNC(=O)c2cc3c(s2)CCCCC3)c1. The van der Waals surface area contributed by atoms with Crippen molar-refractivity contribution in [2.75, 3.05) is 14.2 Å². The lowest BCUT2D eigenvalue weighted by molar-refractivity contribution is 0.0847. The molecule has 1 aliphatic rings. The lowest BCUT2D eigenvalue weighted by atomic mass is 10.1. The van der Waals surface area contributed by atoms with E-state index in [1.54, 1.807) is 12.1 Å². The van der Waals surface area contributed by atoms with Crippen molar-refractivity contribution in [3.05, 3.63) is 43.6 Å². The van der Waals surface area contributed by atoms with Gasteiger partial charge in [0.25, 0.3) is 11.8 Å². The molecule has 2 aromatic rings. The molecular weight excluding hydrogens is 432 g/mol. The quantitative estimate of drug-likeness (QED) is 0.545. The summed E-state index contributed by atoms with van der Waals surface area (Å²) in [6, 6.07) is 5.20. The van der Waals surface area contributed by atoms with Crippen LogP contribution in [0.25, 0.3) is 0 Å². The van der Waals surface area contributed by atoms with Crippen LogP contribution in [-0.4, -0.2) is 26.0 Å². The fourth-order valence-corrected chi connectivity index (χ4v) is 4.83. The van der Waals surface area contributed by atoms with Gasteiger partial charge in [-0.2, -0.15) is 0 Å². The molecule has 0 unspecified atom stereocenters. The van der Waals surface area contributed by atoms with Gasteiger partial charge in [-0.05, 0) is 65.4 Å². The van der Waals surface area contributed by atoms with Crippen LogP contribution in [-0.2, 0) is 12.8 Å². The molecule has 1 aliphatic carbocycles. The number of hydrazine groups is 1.